The van der Waals surface area contributed by atoms with Gasteiger partial charge in [0.2, 0.25) is 0 Å². The van der Waals surface area contributed by atoms with E-state index in [1.807, 2.05) is 123 Å². The van der Waals surface area contributed by atoms with E-state index in [0.717, 1.165) is 140 Å². The summed E-state index contributed by atoms with van der Waals surface area (Å²) >= 11 is 0. The zero-order chi connectivity index (χ0) is 90.7. The highest BCUT2D eigenvalue weighted by Crippen LogP contribution is 2.57. The maximum Gasteiger partial charge on any atom is 0.146 e. The number of rotatable bonds is 0. The van der Waals surface area contributed by atoms with Gasteiger partial charge in [-0.2, -0.15) is 0 Å². The normalized spacial score (nSPS) is 13.5. The summed E-state index contributed by atoms with van der Waals surface area (Å²) in [5, 5.41) is 14.6. The third-order valence-corrected chi connectivity index (χ3v) is 32.0. The first-order valence-corrected chi connectivity index (χ1v) is 48.1. The molecule has 0 atom stereocenters. The number of pyridine rings is 12. The molecule has 0 amide bonds. The summed E-state index contributed by atoms with van der Waals surface area (Å²) in [5.41, 5.74) is 61.0. The number of benzene rings is 12. The van der Waals surface area contributed by atoms with E-state index in [4.69, 9.17) is 19.9 Å². The minimum absolute atomic E-state index is 0.952. The quantitative estimate of drug-likeness (QED) is 0.132. The smallest absolute Gasteiger partial charge is 0.146 e. The summed E-state index contributed by atoms with van der Waals surface area (Å²) in [6.45, 7) is 0. The lowest BCUT2D eigenvalue weighted by molar-refractivity contribution is 1.16. The van der Waals surface area contributed by atoms with Crippen molar-refractivity contribution in [2.45, 2.75) is 51.4 Å². The molecule has 8 aliphatic carbocycles. The Balaban J connectivity index is 0.0000000829. The molecule has 16 nitrogen and oxygen atoms in total. The first-order valence-electron chi connectivity index (χ1n) is 48.1. The fraction of sp³-hybridized carbons (Fsp3) is 0.0645. The van der Waals surface area contributed by atoms with Gasteiger partial charge < -0.3 is 0 Å². The van der Waals surface area contributed by atoms with Gasteiger partial charge in [-0.1, -0.05) is 176 Å². The minimum Gasteiger partial charge on any atom is -0.289 e. The molecule has 0 unspecified atom stereocenters. The summed E-state index contributed by atoms with van der Waals surface area (Å²) < 4.78 is 8.87. The summed E-state index contributed by atoms with van der Waals surface area (Å²) in [7, 11) is 0. The number of aromatic nitrogens is 16. The van der Waals surface area contributed by atoms with Crippen LogP contribution < -0.4 is 0 Å². The Morgan fingerprint density at radius 2 is 0.436 bits per heavy atom. The van der Waals surface area contributed by atoms with Crippen LogP contribution in [-0.4, -0.2) is 77.4 Å². The van der Waals surface area contributed by atoms with Gasteiger partial charge in [0.15, 0.2) is 0 Å². The molecular weight excluding hydrogens is 1710 g/mol. The van der Waals surface area contributed by atoms with E-state index in [9.17, 15) is 0 Å². The van der Waals surface area contributed by atoms with Crippen molar-refractivity contribution in [3.63, 3.8) is 0 Å². The first-order chi connectivity index (χ1) is 69.4. The maximum atomic E-state index is 5.06. The molecule has 648 valence electrons. The van der Waals surface area contributed by atoms with Crippen LogP contribution in [0.1, 0.15) is 89.0 Å². The largest absolute Gasteiger partial charge is 0.289 e. The molecule has 0 saturated heterocycles. The number of hydrogen-bond acceptors (Lipinski definition) is 12. The molecule has 8 aliphatic rings. The van der Waals surface area contributed by atoms with Crippen molar-refractivity contribution in [1.29, 1.82) is 0 Å². The van der Waals surface area contributed by atoms with Crippen LogP contribution in [0, 0.1) is 0 Å². The monoisotopic (exact) mass is 1780 g/mol. The molecule has 0 radical (unpaired) electrons. The Hall–Kier alpha value is -18.3. The van der Waals surface area contributed by atoms with Crippen LogP contribution in [0.3, 0.4) is 0 Å². The molecular formula is C124H72N16. The van der Waals surface area contributed by atoms with E-state index in [-0.39, 0.29) is 0 Å². The Bertz CT molecular complexity index is 10300. The fourth-order valence-corrected chi connectivity index (χ4v) is 26.2. The van der Waals surface area contributed by atoms with Crippen LogP contribution in [0.15, 0.2) is 342 Å². The zero-order valence-corrected chi connectivity index (χ0v) is 75.1. The molecule has 36 rings (SSSR count). The van der Waals surface area contributed by atoms with Crippen molar-refractivity contribution in [2.24, 2.45) is 0 Å². The number of hydrogen-bond donors (Lipinski definition) is 0. The lowest BCUT2D eigenvalue weighted by atomic mass is 9.93. The van der Waals surface area contributed by atoms with Gasteiger partial charge in [-0.15, -0.1) is 0 Å². The van der Waals surface area contributed by atoms with Gasteiger partial charge in [-0.05, 0) is 296 Å². The fourth-order valence-electron chi connectivity index (χ4n) is 26.2. The maximum absolute atomic E-state index is 5.06. The Kier molecular flexibility index (Phi) is 14.9. The number of fused-ring (bicyclic) bond motifs is 62. The minimum atomic E-state index is 0.952. The van der Waals surface area contributed by atoms with Crippen molar-refractivity contribution >= 4 is 153 Å². The zero-order valence-electron chi connectivity index (χ0n) is 75.1. The van der Waals surface area contributed by atoms with Gasteiger partial charge in [-0.3, -0.25) is 57.5 Å². The first kappa shape index (κ1) is 75.1. The lowest BCUT2D eigenvalue weighted by Crippen LogP contribution is -1.94. The van der Waals surface area contributed by atoms with E-state index in [1.165, 1.54) is 243 Å². The molecule has 16 heterocycles. The average Bonchev–Trinajstić information content (AvgIpc) is 1.51. The van der Waals surface area contributed by atoms with Crippen molar-refractivity contribution in [1.82, 2.24) is 77.4 Å². The molecule has 0 bridgehead atoms. The van der Waals surface area contributed by atoms with Crippen LogP contribution in [-0.2, 0) is 51.4 Å². The second-order valence-electron chi connectivity index (χ2n) is 38.8. The van der Waals surface area contributed by atoms with E-state index in [1.54, 1.807) is 0 Å². The SMILES string of the molecule is c1ccc2c(c1)Cc1c-2ccc2c1Cc1ccc3c(c1-2)c1ccncc1n1c2cnccc2nc31.c1ccc2c(c1)Cc1cc3c(cc1-2)-c1c(ccc2c1c1ccncc1n1c4cnccc4nc21)C3.c1ccc2c(c1)Cc1cc3c(cc1-2)Cc1ccc2c(c1-3)c1ccncc1n1c3cnccc3nc21.c1ccc2c(c1)Cc1ccc3c(c1-2)Cc1ccc2c(c1-3)c1ccncc1n1c3cnccc3nc21. The predicted octanol–water partition coefficient (Wildman–Crippen LogP) is 26.9. The van der Waals surface area contributed by atoms with Crippen LogP contribution in [0.4, 0.5) is 0 Å². The predicted molar refractivity (Wildman–Crippen MR) is 559 cm³/mol. The highest BCUT2D eigenvalue weighted by atomic mass is 15.1. The molecule has 16 heteroatoms. The molecule has 0 aliphatic heterocycles. The Morgan fingerprint density at radius 3 is 0.886 bits per heavy atom. The molecule has 0 N–H and O–H groups in total. The average molecular weight is 1790 g/mol. The number of nitrogens with zero attached hydrogens (tertiary/aromatic N) is 16. The van der Waals surface area contributed by atoms with E-state index in [2.05, 4.69) is 276 Å². The van der Waals surface area contributed by atoms with Gasteiger partial charge in [-0.25, -0.2) is 19.9 Å². The summed E-state index contributed by atoms with van der Waals surface area (Å²) in [6.07, 6.45) is 38.3. The molecule has 28 aromatic rings. The summed E-state index contributed by atoms with van der Waals surface area (Å²) in [5.74, 6) is 0. The van der Waals surface area contributed by atoms with Crippen molar-refractivity contribution in [2.75, 3.05) is 0 Å². The topological polar surface area (TPSA) is 172 Å². The molecule has 0 saturated carbocycles. The van der Waals surface area contributed by atoms with Gasteiger partial charge in [0.25, 0.3) is 0 Å². The van der Waals surface area contributed by atoms with Gasteiger partial charge >= 0.3 is 0 Å². The van der Waals surface area contributed by atoms with Gasteiger partial charge in [0.05, 0.1) is 116 Å². The van der Waals surface area contributed by atoms with Crippen molar-refractivity contribution in [3.05, 3.63) is 431 Å². The van der Waals surface area contributed by atoms with E-state index < -0.39 is 0 Å². The standard InChI is InChI=1S/4C31H18N4/c1-2-4-20-17(3-1)13-18-5-7-21-24(28(18)20)14-19-6-8-23-30(29(19)21)22-9-11-32-15-26(22)35-27-16-33-12-10-25(27)34-31(23)35;1-2-4-21-17(3-1)11-19-14-25-20(13-24(19)21)12-18-5-6-23-30(29(18)25)22-7-9-32-15-27(22)35-28-16-33-10-8-26(28)34-31(23)35;1-2-4-21-17(3-1)11-19-13-20-12-18-5-6-23-30(29(18)25(20)14-24(19)21)22-7-9-32-15-27(22)35-28-16-33-10-8-26(28)34-31(23)35;1-2-4-19-17(3-1)13-24-20(19)7-8-21-25(24)14-18-5-6-23-30(29(18)21)22-9-11-32-15-27(22)35-28-16-33-12-10-26(28)34-31(23)35/h1-12,15-16H,13-14H2;2*1-10,13-16H,11-12H2;1-12,15-16H,13-14H2. The van der Waals surface area contributed by atoms with Crippen LogP contribution in [0.25, 0.3) is 242 Å². The third kappa shape index (κ3) is 10.2. The highest BCUT2D eigenvalue weighted by molar-refractivity contribution is 6.26. The second kappa shape index (κ2) is 27.7. The Morgan fingerprint density at radius 1 is 0.164 bits per heavy atom. The number of imidazole rings is 4. The molecule has 0 fully saturated rings. The van der Waals surface area contributed by atoms with E-state index in [0.29, 0.717) is 0 Å². The molecule has 12 aromatic carbocycles. The van der Waals surface area contributed by atoms with Crippen LogP contribution in [0.5, 0.6) is 0 Å². The lowest BCUT2D eigenvalue weighted by Gasteiger charge is -2.13. The molecule has 0 spiro atoms. The Labute approximate surface area is 796 Å². The van der Waals surface area contributed by atoms with Crippen molar-refractivity contribution < 1.29 is 0 Å². The van der Waals surface area contributed by atoms with E-state index >= 15 is 0 Å². The third-order valence-electron chi connectivity index (χ3n) is 32.0. The van der Waals surface area contributed by atoms with Gasteiger partial charge in [0, 0.05) is 114 Å². The van der Waals surface area contributed by atoms with Gasteiger partial charge in [0.1, 0.15) is 22.6 Å². The van der Waals surface area contributed by atoms with Crippen molar-refractivity contribution in [3.8, 4) is 89.0 Å². The van der Waals surface area contributed by atoms with Crippen LogP contribution in [0.2, 0.25) is 0 Å². The summed E-state index contributed by atoms with van der Waals surface area (Å²) in [4.78, 5) is 55.7. The highest BCUT2D eigenvalue weighted by Gasteiger charge is 2.37. The second-order valence-corrected chi connectivity index (χ2v) is 38.8. The molecule has 16 aromatic heterocycles. The summed E-state index contributed by atoms with van der Waals surface area (Å²) in [6, 6.07) is 89.4. The molecule has 140 heavy (non-hydrogen) atoms. The van der Waals surface area contributed by atoms with Crippen LogP contribution >= 0.6 is 0 Å².